The third-order valence-electron chi connectivity index (χ3n) is 4.85. The van der Waals surface area contributed by atoms with E-state index in [1.54, 1.807) is 0 Å². The molecule has 2 aliphatic rings. The van der Waals surface area contributed by atoms with E-state index in [1.165, 1.54) is 0 Å². The largest absolute Gasteiger partial charge is 0.365 e. The molecule has 2 fully saturated rings. The van der Waals surface area contributed by atoms with E-state index in [4.69, 9.17) is 11.5 Å². The molecule has 2 rings (SSSR count). The number of carbonyl (C=O) groups is 2. The molecule has 9 nitrogen and oxygen atoms in total. The maximum Gasteiger partial charge on any atom is 0.280 e. The van der Waals surface area contributed by atoms with Crippen molar-refractivity contribution in [2.24, 2.45) is 17.4 Å². The topological polar surface area (TPSA) is 179 Å². The van der Waals surface area contributed by atoms with Gasteiger partial charge >= 0.3 is 0 Å². The van der Waals surface area contributed by atoms with E-state index in [9.17, 15) is 30.0 Å². The van der Waals surface area contributed by atoms with Gasteiger partial charge in [0.15, 0.2) is 0 Å². The zero-order chi connectivity index (χ0) is 20.0. The molecule has 0 radical (unpaired) electrons. The SMILES string of the molecule is CCCCC(O)(O)C(=O)NC1CC1.NC(=O)C(O)(O)C(N)CC1CCC1. The third kappa shape index (κ3) is 7.16. The number of aliphatic hydroxyl groups is 4. The number of unbranched alkanes of at least 4 members (excludes halogenated alkanes) is 1. The van der Waals surface area contributed by atoms with Gasteiger partial charge in [-0.2, -0.15) is 0 Å². The van der Waals surface area contributed by atoms with Crippen LogP contribution in [0.2, 0.25) is 0 Å². The molecule has 0 bridgehead atoms. The highest BCUT2D eigenvalue weighted by atomic mass is 16.5. The Kier molecular flexibility index (Phi) is 8.42. The maximum atomic E-state index is 11.2. The van der Waals surface area contributed by atoms with Crippen molar-refractivity contribution in [1.29, 1.82) is 0 Å². The van der Waals surface area contributed by atoms with Gasteiger partial charge in [-0.25, -0.2) is 0 Å². The lowest BCUT2D eigenvalue weighted by atomic mass is 9.79. The normalized spacial score (nSPS) is 19.0. The first kappa shape index (κ1) is 22.8. The summed E-state index contributed by atoms with van der Waals surface area (Å²) < 4.78 is 0. The van der Waals surface area contributed by atoms with Crippen LogP contribution in [0.4, 0.5) is 0 Å². The van der Waals surface area contributed by atoms with Crippen LogP contribution in [0.1, 0.15) is 64.7 Å². The highest BCUT2D eigenvalue weighted by Gasteiger charge is 2.40. The zero-order valence-electron chi connectivity index (χ0n) is 15.4. The second-order valence-electron chi connectivity index (χ2n) is 7.40. The number of rotatable bonds is 9. The number of hydrogen-bond acceptors (Lipinski definition) is 7. The first-order valence-corrected chi connectivity index (χ1v) is 9.26. The maximum absolute atomic E-state index is 11.2. The van der Waals surface area contributed by atoms with E-state index in [2.05, 4.69) is 5.32 Å². The molecule has 2 amide bonds. The predicted molar refractivity (Wildman–Crippen MR) is 94.2 cm³/mol. The first-order chi connectivity index (χ1) is 12.0. The number of primary amides is 1. The second kappa shape index (κ2) is 9.61. The summed E-state index contributed by atoms with van der Waals surface area (Å²) in [6, 6.07) is -0.803. The number of nitrogens with one attached hydrogen (secondary N) is 1. The summed E-state index contributed by atoms with van der Waals surface area (Å²) in [5.74, 6) is -6.15. The molecule has 0 aromatic heterocycles. The molecule has 0 saturated heterocycles. The molecular formula is C17H33N3O6. The highest BCUT2D eigenvalue weighted by molar-refractivity contribution is 5.83. The minimum Gasteiger partial charge on any atom is -0.365 e. The first-order valence-electron chi connectivity index (χ1n) is 9.26. The van der Waals surface area contributed by atoms with Crippen LogP contribution >= 0.6 is 0 Å². The predicted octanol–water partition coefficient (Wildman–Crippen LogP) is -1.19. The Morgan fingerprint density at radius 3 is 2.12 bits per heavy atom. The Morgan fingerprint density at radius 1 is 1.15 bits per heavy atom. The summed E-state index contributed by atoms with van der Waals surface area (Å²) in [7, 11) is 0. The van der Waals surface area contributed by atoms with Crippen molar-refractivity contribution >= 4 is 11.8 Å². The van der Waals surface area contributed by atoms with Gasteiger partial charge in [0, 0.05) is 12.5 Å². The molecule has 2 aliphatic carbocycles. The van der Waals surface area contributed by atoms with Crippen LogP contribution in [0.3, 0.4) is 0 Å². The van der Waals surface area contributed by atoms with E-state index in [0.29, 0.717) is 18.8 Å². The van der Waals surface area contributed by atoms with Gasteiger partial charge in [0.2, 0.25) is 5.79 Å². The fourth-order valence-electron chi connectivity index (χ4n) is 2.50. The highest BCUT2D eigenvalue weighted by Crippen LogP contribution is 2.31. The minimum absolute atomic E-state index is 0.113. The van der Waals surface area contributed by atoms with Crippen molar-refractivity contribution in [3.05, 3.63) is 0 Å². The van der Waals surface area contributed by atoms with Crippen molar-refractivity contribution < 1.29 is 30.0 Å². The molecule has 2 saturated carbocycles. The van der Waals surface area contributed by atoms with E-state index in [1.807, 2.05) is 6.92 Å². The van der Waals surface area contributed by atoms with Crippen LogP contribution in [0.5, 0.6) is 0 Å². The molecule has 26 heavy (non-hydrogen) atoms. The lowest BCUT2D eigenvalue weighted by Gasteiger charge is -2.32. The fraction of sp³-hybridized carbons (Fsp3) is 0.882. The quantitative estimate of drug-likeness (QED) is 0.247. The van der Waals surface area contributed by atoms with Crippen molar-refractivity contribution in [3.8, 4) is 0 Å². The molecule has 1 atom stereocenters. The van der Waals surface area contributed by atoms with Crippen molar-refractivity contribution in [2.45, 2.75) is 88.4 Å². The van der Waals surface area contributed by atoms with E-state index in [-0.39, 0.29) is 12.5 Å². The minimum atomic E-state index is -2.56. The molecule has 0 aromatic carbocycles. The molecule has 9 N–H and O–H groups in total. The summed E-state index contributed by atoms with van der Waals surface area (Å²) in [6.45, 7) is 1.94. The molecule has 1 unspecified atom stereocenters. The third-order valence-corrected chi connectivity index (χ3v) is 4.85. The number of carbonyl (C=O) groups excluding carboxylic acids is 2. The van der Waals surface area contributed by atoms with E-state index in [0.717, 1.165) is 38.5 Å². The van der Waals surface area contributed by atoms with Gasteiger partial charge in [0.05, 0.1) is 6.04 Å². The number of nitrogens with two attached hydrogens (primary N) is 2. The van der Waals surface area contributed by atoms with Crippen molar-refractivity contribution in [1.82, 2.24) is 5.32 Å². The van der Waals surface area contributed by atoms with Gasteiger partial charge in [-0.15, -0.1) is 0 Å². The fourth-order valence-corrected chi connectivity index (χ4v) is 2.50. The second-order valence-corrected chi connectivity index (χ2v) is 7.40. The van der Waals surface area contributed by atoms with Gasteiger partial charge in [-0.3, -0.25) is 9.59 Å². The van der Waals surface area contributed by atoms with Crippen molar-refractivity contribution in [3.63, 3.8) is 0 Å². The lowest BCUT2D eigenvalue weighted by Crippen LogP contribution is -2.57. The summed E-state index contributed by atoms with van der Waals surface area (Å²) in [5, 5.41) is 39.6. The molecule has 0 spiro atoms. The molecule has 0 heterocycles. The van der Waals surface area contributed by atoms with Crippen LogP contribution in [-0.4, -0.2) is 55.9 Å². The van der Waals surface area contributed by atoms with Gasteiger partial charge in [0.1, 0.15) is 0 Å². The van der Waals surface area contributed by atoms with E-state index >= 15 is 0 Å². The van der Waals surface area contributed by atoms with Gasteiger partial charge in [-0.1, -0.05) is 32.6 Å². The molecule has 0 aliphatic heterocycles. The Morgan fingerprint density at radius 2 is 1.73 bits per heavy atom. The molecule has 9 heteroatoms. The van der Waals surface area contributed by atoms with Gasteiger partial charge in [0.25, 0.3) is 17.6 Å². The summed E-state index contributed by atoms with van der Waals surface area (Å²) in [4.78, 5) is 21.8. The molecule has 0 aromatic rings. The van der Waals surface area contributed by atoms with Crippen LogP contribution in [0.25, 0.3) is 0 Å². The summed E-state index contributed by atoms with van der Waals surface area (Å²) in [5.41, 5.74) is 10.2. The number of amides is 2. The van der Waals surface area contributed by atoms with Gasteiger partial charge in [-0.05, 0) is 31.6 Å². The number of hydrogen-bond donors (Lipinski definition) is 7. The van der Waals surface area contributed by atoms with E-state index < -0.39 is 29.4 Å². The van der Waals surface area contributed by atoms with Crippen LogP contribution in [0.15, 0.2) is 0 Å². The Bertz CT molecular complexity index is 475. The summed E-state index contributed by atoms with van der Waals surface area (Å²) in [6.07, 6.45) is 7.19. The summed E-state index contributed by atoms with van der Waals surface area (Å²) >= 11 is 0. The van der Waals surface area contributed by atoms with Crippen LogP contribution in [-0.2, 0) is 9.59 Å². The molecule has 152 valence electrons. The Hall–Kier alpha value is -1.26. The van der Waals surface area contributed by atoms with Crippen LogP contribution in [0, 0.1) is 5.92 Å². The standard InChI is InChI=1S/C9H17NO3.C8H16N2O3/c1-2-3-6-9(12,13)8(11)10-7-4-5-7;9-6(4-5-2-1-3-5)8(12,13)7(10)11/h7,12-13H,2-6H2,1H3,(H,10,11);5-6,12-13H,1-4,9H2,(H2,10,11). The Labute approximate surface area is 153 Å². The monoisotopic (exact) mass is 375 g/mol. The molecular weight excluding hydrogens is 342 g/mol. The average Bonchev–Trinajstić information content (AvgIpc) is 3.33. The van der Waals surface area contributed by atoms with Gasteiger partial charge < -0.3 is 37.2 Å². The Balaban J connectivity index is 0.000000260. The average molecular weight is 375 g/mol. The zero-order valence-corrected chi connectivity index (χ0v) is 15.4. The van der Waals surface area contributed by atoms with Crippen LogP contribution < -0.4 is 16.8 Å². The lowest BCUT2D eigenvalue weighted by molar-refractivity contribution is -0.191. The smallest absolute Gasteiger partial charge is 0.280 e. The van der Waals surface area contributed by atoms with Crippen molar-refractivity contribution in [2.75, 3.05) is 0 Å².